The smallest absolute Gasteiger partial charge is 0.234 e. The molecule has 2 unspecified atom stereocenters. The number of benzene rings is 1. The number of hydrogen-bond acceptors (Lipinski definition) is 4. The molecule has 0 saturated carbocycles. The molecule has 0 bridgehead atoms. The van der Waals surface area contributed by atoms with E-state index in [1.54, 1.807) is 0 Å². The number of likely N-dealkylation sites (tertiary alicyclic amines) is 1. The fraction of sp³-hybridized carbons (Fsp3) is 0.579. The van der Waals surface area contributed by atoms with E-state index in [-0.39, 0.29) is 42.7 Å². The second-order valence-electron chi connectivity index (χ2n) is 7.18. The molecule has 6 nitrogen and oxygen atoms in total. The fourth-order valence-corrected chi connectivity index (χ4v) is 3.84. The number of anilines is 1. The van der Waals surface area contributed by atoms with Gasteiger partial charge in [0.05, 0.1) is 6.04 Å². The molecule has 8 heteroatoms. The van der Waals surface area contributed by atoms with Crippen LogP contribution in [0.3, 0.4) is 0 Å². The summed E-state index contributed by atoms with van der Waals surface area (Å²) >= 11 is 0. The summed E-state index contributed by atoms with van der Waals surface area (Å²) in [6.07, 6.45) is 4.50. The van der Waals surface area contributed by atoms with Gasteiger partial charge in [0.1, 0.15) is 0 Å². The van der Waals surface area contributed by atoms with Gasteiger partial charge >= 0.3 is 0 Å². The van der Waals surface area contributed by atoms with Gasteiger partial charge in [-0.05, 0) is 68.9 Å². The van der Waals surface area contributed by atoms with Crippen molar-refractivity contribution in [2.45, 2.75) is 44.7 Å². The maximum Gasteiger partial charge on any atom is 0.234 e. The van der Waals surface area contributed by atoms with E-state index < -0.39 is 0 Å². The maximum absolute atomic E-state index is 12.2. The Hall–Kier alpha value is -1.34. The van der Waals surface area contributed by atoms with Gasteiger partial charge in [0.25, 0.3) is 0 Å². The average molecular weight is 417 g/mol. The van der Waals surface area contributed by atoms with E-state index in [4.69, 9.17) is 5.73 Å². The minimum absolute atomic E-state index is 0. The zero-order valence-corrected chi connectivity index (χ0v) is 17.1. The van der Waals surface area contributed by atoms with Crippen molar-refractivity contribution < 1.29 is 9.59 Å². The Morgan fingerprint density at radius 1 is 1.26 bits per heavy atom. The largest absolute Gasteiger partial charge is 0.368 e. The number of primary amides is 1. The lowest BCUT2D eigenvalue weighted by molar-refractivity contribution is -0.122. The van der Waals surface area contributed by atoms with Crippen molar-refractivity contribution in [3.8, 4) is 0 Å². The molecule has 1 aromatic carbocycles. The van der Waals surface area contributed by atoms with E-state index >= 15 is 0 Å². The van der Waals surface area contributed by atoms with Crippen LogP contribution in [-0.2, 0) is 16.1 Å². The number of rotatable bonds is 7. The molecule has 0 spiro atoms. The summed E-state index contributed by atoms with van der Waals surface area (Å²) in [5.74, 6) is 0.446. The van der Waals surface area contributed by atoms with E-state index in [1.807, 2.05) is 24.3 Å². The highest BCUT2D eigenvalue weighted by atomic mass is 35.5. The van der Waals surface area contributed by atoms with Crippen molar-refractivity contribution in [1.82, 2.24) is 10.2 Å². The van der Waals surface area contributed by atoms with Crippen molar-refractivity contribution in [2.24, 2.45) is 11.7 Å². The van der Waals surface area contributed by atoms with Gasteiger partial charge in [0, 0.05) is 18.7 Å². The van der Waals surface area contributed by atoms with Gasteiger partial charge in [-0.3, -0.25) is 14.5 Å². The molecule has 1 aromatic rings. The molecule has 152 valence electrons. The lowest BCUT2D eigenvalue weighted by Crippen LogP contribution is -2.39. The normalized spacial score (nSPS) is 21.9. The third kappa shape index (κ3) is 6.96. The lowest BCUT2D eigenvalue weighted by Gasteiger charge is -2.22. The van der Waals surface area contributed by atoms with E-state index in [2.05, 4.69) is 15.5 Å². The predicted octanol–water partition coefficient (Wildman–Crippen LogP) is 2.31. The van der Waals surface area contributed by atoms with Crippen LogP contribution in [0, 0.1) is 5.92 Å². The molecule has 2 heterocycles. The molecule has 27 heavy (non-hydrogen) atoms. The van der Waals surface area contributed by atoms with Gasteiger partial charge in [-0.1, -0.05) is 12.1 Å². The molecular weight excluding hydrogens is 387 g/mol. The van der Waals surface area contributed by atoms with Crippen LogP contribution in [0.15, 0.2) is 24.3 Å². The Balaban J connectivity index is 0.00000182. The van der Waals surface area contributed by atoms with Gasteiger partial charge in [-0.15, -0.1) is 24.8 Å². The molecule has 2 saturated heterocycles. The minimum atomic E-state index is -0.247. The molecular formula is C19H30Cl2N4O2. The summed E-state index contributed by atoms with van der Waals surface area (Å²) in [5.41, 5.74) is 7.39. The van der Waals surface area contributed by atoms with Gasteiger partial charge in [0.15, 0.2) is 0 Å². The van der Waals surface area contributed by atoms with Crippen molar-refractivity contribution >= 4 is 42.3 Å². The van der Waals surface area contributed by atoms with Crippen molar-refractivity contribution in [3.05, 3.63) is 29.8 Å². The molecule has 2 amide bonds. The molecule has 2 aliphatic heterocycles. The summed E-state index contributed by atoms with van der Waals surface area (Å²) in [7, 11) is 0. The number of nitrogens with one attached hydrogen (secondary N) is 2. The molecule has 2 aliphatic rings. The molecule has 0 aliphatic carbocycles. The standard InChI is InChI=1S/C19H28N4O2.2ClH/c20-19(25)17-5-2-10-23(17)13-15-3-1-4-16(11-15)22-18(24)7-6-14-8-9-21-12-14;;/h1,3-4,11,14,17,21H,2,5-10,12-13H2,(H2,20,25)(H,22,24);2*1H. The zero-order chi connectivity index (χ0) is 17.6. The first-order valence-corrected chi connectivity index (χ1v) is 9.24. The van der Waals surface area contributed by atoms with Crippen molar-refractivity contribution in [1.29, 1.82) is 0 Å². The quantitative estimate of drug-likeness (QED) is 0.636. The van der Waals surface area contributed by atoms with Gasteiger partial charge in [-0.25, -0.2) is 0 Å². The number of carbonyl (C=O) groups excluding carboxylic acids is 2. The second kappa shape index (κ2) is 11.5. The number of carbonyl (C=O) groups is 2. The molecule has 0 aromatic heterocycles. The Labute approximate surface area is 173 Å². The van der Waals surface area contributed by atoms with Crippen LogP contribution < -0.4 is 16.4 Å². The first kappa shape index (κ1) is 23.7. The topological polar surface area (TPSA) is 87.5 Å². The minimum Gasteiger partial charge on any atom is -0.368 e. The Morgan fingerprint density at radius 3 is 2.78 bits per heavy atom. The van der Waals surface area contributed by atoms with Crippen LogP contribution in [0.25, 0.3) is 0 Å². The maximum atomic E-state index is 12.2. The molecule has 2 atom stereocenters. The van der Waals surface area contributed by atoms with Gasteiger partial charge in [-0.2, -0.15) is 0 Å². The molecule has 2 fully saturated rings. The van der Waals surface area contributed by atoms with E-state index in [0.29, 0.717) is 18.9 Å². The van der Waals surface area contributed by atoms with Crippen molar-refractivity contribution in [3.63, 3.8) is 0 Å². The van der Waals surface area contributed by atoms with Crippen LogP contribution >= 0.6 is 24.8 Å². The Bertz CT molecular complexity index is 623. The van der Waals surface area contributed by atoms with E-state index in [1.165, 1.54) is 6.42 Å². The van der Waals surface area contributed by atoms with Crippen molar-refractivity contribution in [2.75, 3.05) is 25.0 Å². The predicted molar refractivity (Wildman–Crippen MR) is 112 cm³/mol. The second-order valence-corrected chi connectivity index (χ2v) is 7.18. The van der Waals surface area contributed by atoms with Gasteiger partial charge < -0.3 is 16.4 Å². The summed E-state index contributed by atoms with van der Waals surface area (Å²) in [6, 6.07) is 7.70. The lowest BCUT2D eigenvalue weighted by atomic mass is 10.0. The van der Waals surface area contributed by atoms with Crippen LogP contribution in [0.1, 0.15) is 37.7 Å². The highest BCUT2D eigenvalue weighted by Gasteiger charge is 2.28. The third-order valence-corrected chi connectivity index (χ3v) is 5.23. The van der Waals surface area contributed by atoms with E-state index in [9.17, 15) is 9.59 Å². The Morgan fingerprint density at radius 2 is 2.07 bits per heavy atom. The number of nitrogens with two attached hydrogens (primary N) is 1. The Kier molecular flexibility index (Phi) is 10.1. The van der Waals surface area contributed by atoms with Crippen LogP contribution in [0.4, 0.5) is 5.69 Å². The van der Waals surface area contributed by atoms with Crippen LogP contribution in [0.2, 0.25) is 0 Å². The monoisotopic (exact) mass is 416 g/mol. The number of halogens is 2. The SMILES string of the molecule is Cl.Cl.NC(=O)C1CCCN1Cc1cccc(NC(=O)CCC2CCNC2)c1. The summed E-state index contributed by atoms with van der Waals surface area (Å²) in [6.45, 7) is 3.67. The van der Waals surface area contributed by atoms with Gasteiger partial charge in [0.2, 0.25) is 11.8 Å². The van der Waals surface area contributed by atoms with E-state index in [0.717, 1.165) is 50.1 Å². The number of hydrogen-bond donors (Lipinski definition) is 3. The molecule has 3 rings (SSSR count). The molecule has 4 N–H and O–H groups in total. The summed E-state index contributed by atoms with van der Waals surface area (Å²) in [5, 5.41) is 6.33. The highest BCUT2D eigenvalue weighted by Crippen LogP contribution is 2.21. The third-order valence-electron chi connectivity index (χ3n) is 5.23. The fourth-order valence-electron chi connectivity index (χ4n) is 3.84. The number of amides is 2. The molecule has 0 radical (unpaired) electrons. The number of nitrogens with zero attached hydrogens (tertiary/aromatic N) is 1. The summed E-state index contributed by atoms with van der Waals surface area (Å²) < 4.78 is 0. The first-order valence-electron chi connectivity index (χ1n) is 9.24. The van der Waals surface area contributed by atoms with Crippen LogP contribution in [-0.4, -0.2) is 42.4 Å². The average Bonchev–Trinajstić information content (AvgIpc) is 3.24. The first-order chi connectivity index (χ1) is 12.1. The zero-order valence-electron chi connectivity index (χ0n) is 15.5. The van der Waals surface area contributed by atoms with Crippen LogP contribution in [0.5, 0.6) is 0 Å². The highest BCUT2D eigenvalue weighted by molar-refractivity contribution is 5.90. The summed E-state index contributed by atoms with van der Waals surface area (Å²) in [4.78, 5) is 25.8.